The highest BCUT2D eigenvalue weighted by atomic mass is 79.9. The van der Waals surface area contributed by atoms with Crippen LogP contribution in [0.5, 0.6) is 0 Å². The van der Waals surface area contributed by atoms with E-state index >= 15 is 0 Å². The van der Waals surface area contributed by atoms with Crippen LogP contribution in [-0.4, -0.2) is 50.5 Å². The number of amides is 2. The van der Waals surface area contributed by atoms with Crippen molar-refractivity contribution < 1.29 is 22.4 Å². The number of benzene rings is 2. The minimum Gasteiger partial charge on any atom is -0.354 e. The highest BCUT2D eigenvalue weighted by molar-refractivity contribution is 9.10. The Bertz CT molecular complexity index is 1080. The maximum Gasteiger partial charge on any atom is 0.244 e. The number of nitrogens with one attached hydrogen (secondary N) is 1. The van der Waals surface area contributed by atoms with Crippen LogP contribution in [0.3, 0.4) is 0 Å². The van der Waals surface area contributed by atoms with Gasteiger partial charge in [-0.05, 0) is 54.3 Å². The molecule has 10 heteroatoms. The lowest BCUT2D eigenvalue weighted by molar-refractivity contribution is -0.140. The maximum absolute atomic E-state index is 13.5. The zero-order chi connectivity index (χ0) is 25.5. The fourth-order valence-corrected chi connectivity index (χ4v) is 4.46. The van der Waals surface area contributed by atoms with Crippen LogP contribution in [0.25, 0.3) is 0 Å². The highest BCUT2D eigenvalue weighted by Gasteiger charge is 2.31. The maximum atomic E-state index is 13.5. The molecule has 0 unspecified atom stereocenters. The first kappa shape index (κ1) is 27.8. The average molecular weight is 556 g/mol. The van der Waals surface area contributed by atoms with Crippen molar-refractivity contribution in [3.63, 3.8) is 0 Å². The van der Waals surface area contributed by atoms with Gasteiger partial charge in [0.05, 0.1) is 11.9 Å². The van der Waals surface area contributed by atoms with Crippen molar-refractivity contribution in [2.24, 2.45) is 5.92 Å². The Labute approximate surface area is 209 Å². The van der Waals surface area contributed by atoms with Crippen LogP contribution in [0, 0.1) is 11.7 Å². The van der Waals surface area contributed by atoms with Crippen molar-refractivity contribution in [2.75, 3.05) is 23.7 Å². The molecule has 0 fully saturated rings. The third-order valence-electron chi connectivity index (χ3n) is 5.13. The summed E-state index contributed by atoms with van der Waals surface area (Å²) in [6, 6.07) is 11.4. The van der Waals surface area contributed by atoms with Crippen molar-refractivity contribution in [3.8, 4) is 0 Å². The number of halogens is 2. The van der Waals surface area contributed by atoms with Crippen molar-refractivity contribution in [1.82, 2.24) is 10.2 Å². The quantitative estimate of drug-likeness (QED) is 0.455. The van der Waals surface area contributed by atoms with E-state index in [0.717, 1.165) is 15.0 Å². The lowest BCUT2D eigenvalue weighted by Crippen LogP contribution is -2.52. The summed E-state index contributed by atoms with van der Waals surface area (Å²) >= 11 is 3.32. The number of sulfonamides is 1. The molecule has 2 rings (SSSR count). The molecule has 0 aliphatic rings. The van der Waals surface area contributed by atoms with Crippen LogP contribution in [0.4, 0.5) is 10.1 Å². The van der Waals surface area contributed by atoms with Crippen molar-refractivity contribution in [2.45, 2.75) is 39.8 Å². The number of hydrogen-bond donors (Lipinski definition) is 1. The van der Waals surface area contributed by atoms with Crippen LogP contribution in [0.2, 0.25) is 0 Å². The normalized spacial score (nSPS) is 12.3. The van der Waals surface area contributed by atoms with Crippen molar-refractivity contribution in [1.29, 1.82) is 0 Å². The molecular weight excluding hydrogens is 525 g/mol. The zero-order valence-corrected chi connectivity index (χ0v) is 22.2. The standard InChI is InChI=1S/C24H31BrFN3O4S/c1-5-22(24(31)27-14-17(2)3)28(15-18-6-10-20(26)11-7-18)23(30)16-29(34(4,32)33)21-12-8-19(25)9-13-21/h6-13,17,22H,5,14-16H2,1-4H3,(H,27,31)/t22-/m1/s1. The molecule has 34 heavy (non-hydrogen) atoms. The van der Waals surface area contributed by atoms with Crippen LogP contribution in [0.1, 0.15) is 32.8 Å². The molecule has 0 aliphatic carbocycles. The summed E-state index contributed by atoms with van der Waals surface area (Å²) in [5.74, 6) is -1.05. The van der Waals surface area contributed by atoms with Gasteiger partial charge in [-0.2, -0.15) is 0 Å². The summed E-state index contributed by atoms with van der Waals surface area (Å²) in [7, 11) is -3.79. The van der Waals surface area contributed by atoms with Crippen molar-refractivity contribution >= 4 is 43.5 Å². The largest absolute Gasteiger partial charge is 0.354 e. The molecule has 7 nitrogen and oxygen atoms in total. The molecule has 2 aromatic carbocycles. The first-order chi connectivity index (χ1) is 15.9. The van der Waals surface area contributed by atoms with E-state index in [1.54, 1.807) is 31.2 Å². The Morgan fingerprint density at radius 1 is 1.06 bits per heavy atom. The predicted molar refractivity (Wildman–Crippen MR) is 135 cm³/mol. The molecule has 0 aliphatic heterocycles. The summed E-state index contributed by atoms with van der Waals surface area (Å²) in [4.78, 5) is 27.8. The molecule has 0 saturated heterocycles. The molecule has 0 saturated carbocycles. The minimum absolute atomic E-state index is 0.0324. The number of rotatable bonds is 11. The second-order valence-electron chi connectivity index (χ2n) is 8.46. The fraction of sp³-hybridized carbons (Fsp3) is 0.417. The highest BCUT2D eigenvalue weighted by Crippen LogP contribution is 2.22. The van der Waals surface area contributed by atoms with Gasteiger partial charge in [0.25, 0.3) is 0 Å². The topological polar surface area (TPSA) is 86.8 Å². The number of hydrogen-bond acceptors (Lipinski definition) is 4. The summed E-state index contributed by atoms with van der Waals surface area (Å²) in [6.45, 7) is 5.71. The number of anilines is 1. The molecule has 0 aromatic heterocycles. The molecule has 186 valence electrons. The van der Waals surface area contributed by atoms with Crippen LogP contribution >= 0.6 is 15.9 Å². The molecule has 0 radical (unpaired) electrons. The van der Waals surface area contributed by atoms with E-state index in [1.807, 2.05) is 13.8 Å². The second-order valence-corrected chi connectivity index (χ2v) is 11.3. The van der Waals surface area contributed by atoms with Gasteiger partial charge in [-0.3, -0.25) is 13.9 Å². The lowest BCUT2D eigenvalue weighted by atomic mass is 10.1. The van der Waals surface area contributed by atoms with Gasteiger partial charge in [0, 0.05) is 17.6 Å². The molecule has 0 bridgehead atoms. The average Bonchev–Trinajstić information content (AvgIpc) is 2.77. The van der Waals surface area contributed by atoms with Gasteiger partial charge < -0.3 is 10.2 Å². The number of carbonyl (C=O) groups excluding carboxylic acids is 2. The Kier molecular flexibility index (Phi) is 10.1. The molecule has 2 aromatic rings. The van der Waals surface area contributed by atoms with E-state index in [2.05, 4.69) is 21.2 Å². The Morgan fingerprint density at radius 2 is 1.65 bits per heavy atom. The fourth-order valence-electron chi connectivity index (χ4n) is 3.35. The summed E-state index contributed by atoms with van der Waals surface area (Å²) < 4.78 is 40.3. The Hall–Kier alpha value is -2.46. The van der Waals surface area contributed by atoms with Gasteiger partial charge in [0.15, 0.2) is 0 Å². The van der Waals surface area contributed by atoms with Gasteiger partial charge in [0.1, 0.15) is 18.4 Å². The monoisotopic (exact) mass is 555 g/mol. The van der Waals surface area contributed by atoms with Gasteiger partial charge in [-0.15, -0.1) is 0 Å². The van der Waals surface area contributed by atoms with Crippen LogP contribution < -0.4 is 9.62 Å². The first-order valence-electron chi connectivity index (χ1n) is 11.0. The van der Waals surface area contributed by atoms with E-state index < -0.39 is 34.3 Å². The van der Waals surface area contributed by atoms with Gasteiger partial charge in [0.2, 0.25) is 21.8 Å². The predicted octanol–water partition coefficient (Wildman–Crippen LogP) is 3.93. The van der Waals surface area contributed by atoms with Gasteiger partial charge >= 0.3 is 0 Å². The molecule has 1 N–H and O–H groups in total. The molecule has 2 amide bonds. The third kappa shape index (κ3) is 8.09. The molecule has 0 heterocycles. The lowest BCUT2D eigenvalue weighted by Gasteiger charge is -2.33. The van der Waals surface area contributed by atoms with Gasteiger partial charge in [-0.25, -0.2) is 12.8 Å². The summed E-state index contributed by atoms with van der Waals surface area (Å²) in [6.07, 6.45) is 1.35. The zero-order valence-electron chi connectivity index (χ0n) is 19.8. The van der Waals surface area contributed by atoms with Gasteiger partial charge in [-0.1, -0.05) is 48.8 Å². The smallest absolute Gasteiger partial charge is 0.244 e. The first-order valence-corrected chi connectivity index (χ1v) is 13.6. The van der Waals surface area contributed by atoms with E-state index in [-0.39, 0.29) is 18.4 Å². The second kappa shape index (κ2) is 12.3. The van der Waals surface area contributed by atoms with E-state index in [4.69, 9.17) is 0 Å². The third-order valence-corrected chi connectivity index (χ3v) is 6.80. The summed E-state index contributed by atoms with van der Waals surface area (Å²) in [5.41, 5.74) is 0.956. The molecule has 1 atom stereocenters. The van der Waals surface area contributed by atoms with Crippen LogP contribution in [-0.2, 0) is 26.2 Å². The summed E-state index contributed by atoms with van der Waals surface area (Å²) in [5, 5.41) is 2.85. The van der Waals surface area contributed by atoms with E-state index in [9.17, 15) is 22.4 Å². The van der Waals surface area contributed by atoms with E-state index in [0.29, 0.717) is 24.2 Å². The molecule has 0 spiro atoms. The Morgan fingerprint density at radius 3 is 2.15 bits per heavy atom. The van der Waals surface area contributed by atoms with E-state index in [1.165, 1.54) is 29.2 Å². The van der Waals surface area contributed by atoms with Crippen molar-refractivity contribution in [3.05, 3.63) is 64.4 Å². The minimum atomic E-state index is -3.79. The number of nitrogens with zero attached hydrogens (tertiary/aromatic N) is 2. The number of carbonyl (C=O) groups is 2. The SMILES string of the molecule is CC[C@H](C(=O)NCC(C)C)N(Cc1ccc(F)cc1)C(=O)CN(c1ccc(Br)cc1)S(C)(=O)=O. The molecular formula is C24H31BrFN3O4S. The Balaban J connectivity index is 2.39. The van der Waals surface area contributed by atoms with Crippen LogP contribution in [0.15, 0.2) is 53.0 Å².